The molecule has 1 amide bonds. The van der Waals surface area contributed by atoms with Crippen LogP contribution in [0.15, 0.2) is 29.9 Å². The summed E-state index contributed by atoms with van der Waals surface area (Å²) in [5.74, 6) is 0.714. The van der Waals surface area contributed by atoms with Crippen molar-refractivity contribution in [1.82, 2.24) is 15.3 Å². The highest BCUT2D eigenvalue weighted by molar-refractivity contribution is 7.27. The SMILES string of the molecule is O=C(NCc1ncc[nH]1)c1cc2sccc2s1. The van der Waals surface area contributed by atoms with Crippen LogP contribution in [0.5, 0.6) is 0 Å². The average molecular weight is 263 g/mol. The lowest BCUT2D eigenvalue weighted by Gasteiger charge is -1.99. The quantitative estimate of drug-likeness (QED) is 0.763. The van der Waals surface area contributed by atoms with Gasteiger partial charge < -0.3 is 10.3 Å². The highest BCUT2D eigenvalue weighted by Gasteiger charge is 2.10. The highest BCUT2D eigenvalue weighted by atomic mass is 32.1. The first-order chi connectivity index (χ1) is 8.33. The van der Waals surface area contributed by atoms with Gasteiger partial charge in [-0.3, -0.25) is 4.79 Å². The number of thiophene rings is 2. The number of hydrogen-bond donors (Lipinski definition) is 2. The van der Waals surface area contributed by atoms with Crippen LogP contribution in [0.2, 0.25) is 0 Å². The van der Waals surface area contributed by atoms with E-state index in [-0.39, 0.29) is 5.91 Å². The van der Waals surface area contributed by atoms with E-state index in [1.165, 1.54) is 11.3 Å². The van der Waals surface area contributed by atoms with Crippen LogP contribution < -0.4 is 5.32 Å². The van der Waals surface area contributed by atoms with Crippen LogP contribution in [-0.4, -0.2) is 15.9 Å². The summed E-state index contributed by atoms with van der Waals surface area (Å²) in [6, 6.07) is 3.97. The molecule has 0 aliphatic carbocycles. The van der Waals surface area contributed by atoms with E-state index in [4.69, 9.17) is 0 Å². The third-order valence-electron chi connectivity index (χ3n) is 2.33. The van der Waals surface area contributed by atoms with Crippen molar-refractivity contribution in [2.24, 2.45) is 0 Å². The van der Waals surface area contributed by atoms with Crippen LogP contribution in [-0.2, 0) is 6.54 Å². The van der Waals surface area contributed by atoms with Gasteiger partial charge in [0.25, 0.3) is 5.91 Å². The van der Waals surface area contributed by atoms with Crippen molar-refractivity contribution in [3.8, 4) is 0 Å². The van der Waals surface area contributed by atoms with E-state index in [9.17, 15) is 4.79 Å². The third kappa shape index (κ3) is 2.09. The summed E-state index contributed by atoms with van der Waals surface area (Å²) in [5.41, 5.74) is 0. The van der Waals surface area contributed by atoms with Gasteiger partial charge >= 0.3 is 0 Å². The maximum Gasteiger partial charge on any atom is 0.261 e. The van der Waals surface area contributed by atoms with E-state index in [2.05, 4.69) is 15.3 Å². The van der Waals surface area contributed by atoms with Crippen LogP contribution in [0.1, 0.15) is 15.5 Å². The molecule has 86 valence electrons. The number of aromatic amines is 1. The standard InChI is InChI=1S/C11H9N3OS2/c15-11(14-6-10-12-2-3-13-10)9-5-8-7(17-9)1-4-16-8/h1-5H,6H2,(H,12,13)(H,14,15). The van der Waals surface area contributed by atoms with Crippen LogP contribution in [0.4, 0.5) is 0 Å². The second-order valence-electron chi connectivity index (χ2n) is 3.48. The molecule has 3 aromatic rings. The lowest BCUT2D eigenvalue weighted by atomic mass is 10.4. The second kappa shape index (κ2) is 4.31. The number of rotatable bonds is 3. The summed E-state index contributed by atoms with van der Waals surface area (Å²) >= 11 is 3.17. The molecule has 4 nitrogen and oxygen atoms in total. The molecule has 0 radical (unpaired) electrons. The molecular weight excluding hydrogens is 254 g/mol. The first-order valence-electron chi connectivity index (χ1n) is 5.06. The van der Waals surface area contributed by atoms with E-state index in [0.717, 1.165) is 20.1 Å². The minimum absolute atomic E-state index is 0.0465. The van der Waals surface area contributed by atoms with Crippen molar-refractivity contribution in [2.75, 3.05) is 0 Å². The number of imidazole rings is 1. The summed E-state index contributed by atoms with van der Waals surface area (Å²) in [6.07, 6.45) is 3.41. The van der Waals surface area contributed by atoms with Gasteiger partial charge in [0.15, 0.2) is 0 Å². The predicted molar refractivity (Wildman–Crippen MR) is 69.5 cm³/mol. The van der Waals surface area contributed by atoms with Crippen molar-refractivity contribution >= 4 is 38.0 Å². The first-order valence-corrected chi connectivity index (χ1v) is 6.76. The fourth-order valence-corrected chi connectivity index (χ4v) is 3.55. The molecule has 0 saturated carbocycles. The third-order valence-corrected chi connectivity index (χ3v) is 4.43. The normalized spacial score (nSPS) is 10.8. The van der Waals surface area contributed by atoms with Crippen molar-refractivity contribution in [3.05, 3.63) is 40.6 Å². The van der Waals surface area contributed by atoms with E-state index in [1.807, 2.05) is 17.5 Å². The Labute approximate surface area is 105 Å². The maximum atomic E-state index is 11.9. The highest BCUT2D eigenvalue weighted by Crippen LogP contribution is 2.29. The van der Waals surface area contributed by atoms with Crippen LogP contribution >= 0.6 is 22.7 Å². The Hall–Kier alpha value is -1.66. The van der Waals surface area contributed by atoms with Crippen LogP contribution in [0.3, 0.4) is 0 Å². The Kier molecular flexibility index (Phi) is 2.66. The van der Waals surface area contributed by atoms with Gasteiger partial charge in [0, 0.05) is 21.8 Å². The summed E-state index contributed by atoms with van der Waals surface area (Å²) in [5, 5.41) is 4.87. The van der Waals surface area contributed by atoms with Gasteiger partial charge in [-0.1, -0.05) is 0 Å². The summed E-state index contributed by atoms with van der Waals surface area (Å²) in [7, 11) is 0. The molecule has 2 N–H and O–H groups in total. The zero-order chi connectivity index (χ0) is 11.7. The Morgan fingerprint density at radius 3 is 3.18 bits per heavy atom. The fourth-order valence-electron chi connectivity index (χ4n) is 1.52. The van der Waals surface area contributed by atoms with E-state index in [1.54, 1.807) is 23.7 Å². The zero-order valence-electron chi connectivity index (χ0n) is 8.77. The minimum Gasteiger partial charge on any atom is -0.347 e. The molecule has 0 saturated heterocycles. The zero-order valence-corrected chi connectivity index (χ0v) is 10.4. The number of nitrogens with one attached hydrogen (secondary N) is 2. The Morgan fingerprint density at radius 1 is 1.47 bits per heavy atom. The van der Waals surface area contributed by atoms with Gasteiger partial charge in [-0.05, 0) is 17.5 Å². The largest absolute Gasteiger partial charge is 0.347 e. The number of carbonyl (C=O) groups is 1. The van der Waals surface area contributed by atoms with Crippen LogP contribution in [0, 0.1) is 0 Å². The van der Waals surface area contributed by atoms with Crippen molar-refractivity contribution in [3.63, 3.8) is 0 Å². The van der Waals surface area contributed by atoms with Crippen LogP contribution in [0.25, 0.3) is 9.40 Å². The van der Waals surface area contributed by atoms with E-state index < -0.39 is 0 Å². The maximum absolute atomic E-state index is 11.9. The molecule has 0 aliphatic rings. The molecule has 0 bridgehead atoms. The molecular formula is C11H9N3OS2. The summed E-state index contributed by atoms with van der Waals surface area (Å²) in [4.78, 5) is 19.6. The van der Waals surface area contributed by atoms with Gasteiger partial charge in [-0.15, -0.1) is 22.7 Å². The Morgan fingerprint density at radius 2 is 2.41 bits per heavy atom. The molecule has 3 rings (SSSR count). The van der Waals surface area contributed by atoms with Gasteiger partial charge in [-0.25, -0.2) is 4.98 Å². The smallest absolute Gasteiger partial charge is 0.261 e. The number of amides is 1. The monoisotopic (exact) mass is 263 g/mol. The molecule has 0 unspecified atom stereocenters. The number of hydrogen-bond acceptors (Lipinski definition) is 4. The molecule has 0 spiro atoms. The first kappa shape index (κ1) is 10.5. The minimum atomic E-state index is -0.0465. The summed E-state index contributed by atoms with van der Waals surface area (Å²) < 4.78 is 2.33. The average Bonchev–Trinajstić information content (AvgIpc) is 3.01. The summed E-state index contributed by atoms with van der Waals surface area (Å²) in [6.45, 7) is 0.428. The van der Waals surface area contributed by atoms with Crippen molar-refractivity contribution in [2.45, 2.75) is 6.54 Å². The van der Waals surface area contributed by atoms with E-state index in [0.29, 0.717) is 6.54 Å². The number of H-pyrrole nitrogens is 1. The molecule has 0 aliphatic heterocycles. The molecule has 0 atom stereocenters. The lowest BCUT2D eigenvalue weighted by Crippen LogP contribution is -2.22. The molecule has 0 aromatic carbocycles. The molecule has 3 heterocycles. The van der Waals surface area contributed by atoms with Gasteiger partial charge in [0.1, 0.15) is 5.82 Å². The van der Waals surface area contributed by atoms with E-state index >= 15 is 0 Å². The molecule has 6 heteroatoms. The van der Waals surface area contributed by atoms with Gasteiger partial charge in [0.2, 0.25) is 0 Å². The molecule has 3 aromatic heterocycles. The predicted octanol–water partition coefficient (Wildman–Crippen LogP) is 2.62. The van der Waals surface area contributed by atoms with Crippen molar-refractivity contribution in [1.29, 1.82) is 0 Å². The number of nitrogens with zero attached hydrogens (tertiary/aromatic N) is 1. The van der Waals surface area contributed by atoms with Gasteiger partial charge in [-0.2, -0.15) is 0 Å². The Bertz CT molecular complexity index is 610. The molecule has 0 fully saturated rings. The van der Waals surface area contributed by atoms with Gasteiger partial charge in [0.05, 0.1) is 11.4 Å². The Balaban J connectivity index is 1.72. The fraction of sp³-hybridized carbons (Fsp3) is 0.0909. The number of fused-ring (bicyclic) bond motifs is 1. The second-order valence-corrected chi connectivity index (χ2v) is 5.51. The van der Waals surface area contributed by atoms with Crippen molar-refractivity contribution < 1.29 is 4.79 Å². The number of aromatic nitrogens is 2. The lowest BCUT2D eigenvalue weighted by molar-refractivity contribution is 0.0954. The number of carbonyl (C=O) groups excluding carboxylic acids is 1. The topological polar surface area (TPSA) is 57.8 Å². The molecule has 17 heavy (non-hydrogen) atoms.